The maximum absolute atomic E-state index is 12.1. The molecule has 1 unspecified atom stereocenters. The Hall–Kier alpha value is -2.08. The first kappa shape index (κ1) is 14.5. The van der Waals surface area contributed by atoms with Gasteiger partial charge in [-0.15, -0.1) is 0 Å². The van der Waals surface area contributed by atoms with Crippen LogP contribution in [0.4, 0.5) is 4.79 Å². The van der Waals surface area contributed by atoms with Gasteiger partial charge in [0.1, 0.15) is 5.75 Å². The average molecular weight is 416 g/mol. The van der Waals surface area contributed by atoms with E-state index >= 15 is 0 Å². The molecule has 0 saturated carbocycles. The molecule has 1 atom stereocenters. The van der Waals surface area contributed by atoms with Crippen molar-refractivity contribution in [1.29, 1.82) is 0 Å². The minimum atomic E-state index is -0.840. The summed E-state index contributed by atoms with van der Waals surface area (Å²) in [5.74, 6) is 0.570. The number of carbonyl (C=O) groups excluding carboxylic acids is 1. The van der Waals surface area contributed by atoms with E-state index in [1.807, 2.05) is 60.7 Å². The summed E-state index contributed by atoms with van der Waals surface area (Å²) >= 11 is 2.27. The Kier molecular flexibility index (Phi) is 3.49. The van der Waals surface area contributed by atoms with Crippen LogP contribution in [0.1, 0.15) is 11.1 Å². The number of cyclic esters (lactones) is 1. The van der Waals surface area contributed by atoms with E-state index in [-0.39, 0.29) is 0 Å². The van der Waals surface area contributed by atoms with Gasteiger partial charge < -0.3 is 9.47 Å². The van der Waals surface area contributed by atoms with Crippen molar-refractivity contribution >= 4 is 39.5 Å². The zero-order chi connectivity index (χ0) is 15.9. The van der Waals surface area contributed by atoms with Crippen molar-refractivity contribution in [1.82, 2.24) is 0 Å². The summed E-state index contributed by atoms with van der Waals surface area (Å²) in [7, 11) is 0. The zero-order valence-electron chi connectivity index (χ0n) is 12.2. The van der Waals surface area contributed by atoms with Crippen LogP contribution in [-0.2, 0) is 10.3 Å². The minimum absolute atomic E-state index is 0.570. The summed E-state index contributed by atoms with van der Waals surface area (Å²) < 4.78 is 11.7. The van der Waals surface area contributed by atoms with Crippen LogP contribution in [0.25, 0.3) is 10.8 Å². The Balaban J connectivity index is 2.10. The summed E-state index contributed by atoms with van der Waals surface area (Å²) in [5.41, 5.74) is 1.02. The Labute approximate surface area is 147 Å². The largest absolute Gasteiger partial charge is 0.515 e. The Bertz CT molecular complexity index is 892. The molecular weight excluding hydrogens is 403 g/mol. The molecule has 114 valence electrons. The minimum Gasteiger partial charge on any atom is -0.417 e. The second kappa shape index (κ2) is 5.53. The van der Waals surface area contributed by atoms with Gasteiger partial charge in [0.05, 0.1) is 5.56 Å². The van der Waals surface area contributed by atoms with Gasteiger partial charge in [-0.2, -0.15) is 0 Å². The van der Waals surface area contributed by atoms with Crippen molar-refractivity contribution in [3.05, 3.63) is 77.9 Å². The molecule has 0 spiro atoms. The van der Waals surface area contributed by atoms with E-state index < -0.39 is 11.8 Å². The van der Waals surface area contributed by atoms with Crippen LogP contribution in [0.2, 0.25) is 0 Å². The van der Waals surface area contributed by atoms with Gasteiger partial charge in [-0.3, -0.25) is 0 Å². The topological polar surface area (TPSA) is 35.5 Å². The maximum Gasteiger partial charge on any atom is 0.515 e. The van der Waals surface area contributed by atoms with Gasteiger partial charge in [0.25, 0.3) is 0 Å². The molecule has 0 aromatic heterocycles. The number of ether oxygens (including phenoxy) is 2. The molecule has 1 heterocycles. The molecule has 3 nitrogen and oxygen atoms in total. The molecule has 0 N–H and O–H groups in total. The van der Waals surface area contributed by atoms with Crippen molar-refractivity contribution in [2.45, 2.75) is 5.60 Å². The number of rotatable bonds is 2. The Morgan fingerprint density at radius 1 is 0.913 bits per heavy atom. The highest BCUT2D eigenvalue weighted by Gasteiger charge is 2.45. The maximum atomic E-state index is 12.1. The Morgan fingerprint density at radius 3 is 2.43 bits per heavy atom. The fraction of sp³-hybridized carbons (Fsp3) is 0.105. The third-order valence-electron chi connectivity index (χ3n) is 4.17. The fourth-order valence-electron chi connectivity index (χ4n) is 3.14. The van der Waals surface area contributed by atoms with E-state index in [1.54, 1.807) is 0 Å². The lowest BCUT2D eigenvalue weighted by molar-refractivity contribution is 0.00791. The third kappa shape index (κ3) is 2.20. The van der Waals surface area contributed by atoms with Crippen molar-refractivity contribution in [2.75, 3.05) is 4.43 Å². The fourth-order valence-corrected chi connectivity index (χ4v) is 4.12. The molecule has 0 saturated heterocycles. The van der Waals surface area contributed by atoms with Gasteiger partial charge in [0.15, 0.2) is 5.60 Å². The highest BCUT2D eigenvalue weighted by molar-refractivity contribution is 14.1. The smallest absolute Gasteiger partial charge is 0.417 e. The summed E-state index contributed by atoms with van der Waals surface area (Å²) in [6.07, 6.45) is -0.659. The highest BCUT2D eigenvalue weighted by Crippen LogP contribution is 2.47. The lowest BCUT2D eigenvalue weighted by atomic mass is 9.83. The van der Waals surface area contributed by atoms with Gasteiger partial charge in [-0.25, -0.2) is 4.79 Å². The van der Waals surface area contributed by atoms with Crippen LogP contribution in [0.3, 0.4) is 0 Å². The van der Waals surface area contributed by atoms with Crippen LogP contribution >= 0.6 is 22.6 Å². The summed E-state index contributed by atoms with van der Waals surface area (Å²) in [6, 6.07) is 21.7. The van der Waals surface area contributed by atoms with Crippen LogP contribution in [0.15, 0.2) is 66.7 Å². The molecule has 0 bridgehead atoms. The first-order valence-electron chi connectivity index (χ1n) is 7.29. The van der Waals surface area contributed by atoms with Crippen LogP contribution < -0.4 is 4.74 Å². The predicted molar refractivity (Wildman–Crippen MR) is 97.2 cm³/mol. The van der Waals surface area contributed by atoms with Crippen molar-refractivity contribution in [3.63, 3.8) is 0 Å². The first-order valence-corrected chi connectivity index (χ1v) is 8.82. The van der Waals surface area contributed by atoms with E-state index in [4.69, 9.17) is 9.47 Å². The number of benzene rings is 3. The van der Waals surface area contributed by atoms with Crippen LogP contribution in [-0.4, -0.2) is 10.6 Å². The van der Waals surface area contributed by atoms with Crippen LogP contribution in [0, 0.1) is 0 Å². The number of alkyl halides is 1. The molecule has 0 amide bonds. The van der Waals surface area contributed by atoms with Crippen molar-refractivity contribution < 1.29 is 14.3 Å². The molecule has 0 radical (unpaired) electrons. The SMILES string of the molecule is O=C1Oc2ccc3ccccc3c2C(CI)(c2ccccc2)O1. The summed E-state index contributed by atoms with van der Waals surface area (Å²) in [5, 5.41) is 2.14. The average Bonchev–Trinajstić information content (AvgIpc) is 2.61. The standard InChI is InChI=1S/C19H13IO3/c20-12-19(14-7-2-1-3-8-14)17-15-9-5-4-6-13(15)10-11-16(17)22-18(21)23-19/h1-11H,12H2. The van der Waals surface area contributed by atoms with Gasteiger partial charge in [-0.05, 0) is 16.8 Å². The lowest BCUT2D eigenvalue weighted by Crippen LogP contribution is -2.41. The molecule has 0 fully saturated rings. The van der Waals surface area contributed by atoms with Crippen molar-refractivity contribution in [3.8, 4) is 5.75 Å². The molecule has 0 aliphatic carbocycles. The molecule has 4 rings (SSSR count). The van der Waals surface area contributed by atoms with E-state index in [9.17, 15) is 4.79 Å². The summed E-state index contributed by atoms with van der Waals surface area (Å²) in [6.45, 7) is 0. The third-order valence-corrected chi connectivity index (χ3v) is 5.25. The number of halogens is 1. The first-order chi connectivity index (χ1) is 11.2. The molecule has 4 heteroatoms. The second-order valence-corrected chi connectivity index (χ2v) is 6.20. The number of carbonyl (C=O) groups is 1. The zero-order valence-corrected chi connectivity index (χ0v) is 14.3. The molecule has 3 aromatic rings. The molecule has 3 aromatic carbocycles. The van der Waals surface area contributed by atoms with E-state index in [0.29, 0.717) is 10.2 Å². The quantitative estimate of drug-likeness (QED) is 0.254. The van der Waals surface area contributed by atoms with Gasteiger partial charge in [-0.1, -0.05) is 83.3 Å². The highest BCUT2D eigenvalue weighted by atomic mass is 127. The predicted octanol–water partition coefficient (Wildman–Crippen LogP) is 5.05. The molecular formula is C19H13IO3. The molecule has 1 aliphatic rings. The van der Waals surface area contributed by atoms with E-state index in [1.165, 1.54) is 0 Å². The van der Waals surface area contributed by atoms with E-state index in [0.717, 1.165) is 21.9 Å². The second-order valence-electron chi connectivity index (χ2n) is 5.44. The van der Waals surface area contributed by atoms with Gasteiger partial charge in [0, 0.05) is 9.99 Å². The monoisotopic (exact) mass is 416 g/mol. The van der Waals surface area contributed by atoms with E-state index in [2.05, 4.69) is 28.7 Å². The summed E-state index contributed by atoms with van der Waals surface area (Å²) in [4.78, 5) is 12.1. The van der Waals surface area contributed by atoms with Crippen LogP contribution in [0.5, 0.6) is 5.75 Å². The number of fused-ring (bicyclic) bond motifs is 3. The molecule has 1 aliphatic heterocycles. The van der Waals surface area contributed by atoms with Gasteiger partial charge >= 0.3 is 6.16 Å². The number of hydrogen-bond acceptors (Lipinski definition) is 3. The normalized spacial score (nSPS) is 19.8. The van der Waals surface area contributed by atoms with Gasteiger partial charge in [0.2, 0.25) is 0 Å². The number of hydrogen-bond donors (Lipinski definition) is 0. The molecule has 23 heavy (non-hydrogen) atoms. The van der Waals surface area contributed by atoms with Crippen molar-refractivity contribution in [2.24, 2.45) is 0 Å². The Morgan fingerprint density at radius 2 is 1.65 bits per heavy atom. The lowest BCUT2D eigenvalue weighted by Gasteiger charge is -2.37.